The molecule has 34 heavy (non-hydrogen) atoms. The van der Waals surface area contributed by atoms with Gasteiger partial charge in [0.1, 0.15) is 5.75 Å². The zero-order chi connectivity index (χ0) is 24.6. The smallest absolute Gasteiger partial charge is 0.255 e. The first-order valence-corrected chi connectivity index (χ1v) is 12.4. The number of sulfonamides is 1. The van der Waals surface area contributed by atoms with Gasteiger partial charge in [-0.1, -0.05) is 59.6 Å². The molecular weight excluding hydrogens is 497 g/mol. The molecule has 0 aliphatic rings. The van der Waals surface area contributed by atoms with Gasteiger partial charge in [-0.25, -0.2) is 13.8 Å². The number of nitrogens with zero attached hydrogens (tertiary/aromatic N) is 2. The molecule has 0 bridgehead atoms. The number of halogens is 2. The molecule has 0 aliphatic carbocycles. The minimum absolute atomic E-state index is 0.0560. The average molecular weight is 520 g/mol. The lowest BCUT2D eigenvalue weighted by Crippen LogP contribution is -2.40. The normalized spacial score (nSPS) is 11.6. The minimum Gasteiger partial charge on any atom is -0.497 e. The SMILES string of the molecule is COc1ccc(S(=O)(=O)N(CCc2ccccc2)CC(=O)N/N=C/c2c(Cl)cccc2Cl)cc1. The molecule has 178 valence electrons. The first-order chi connectivity index (χ1) is 16.3. The summed E-state index contributed by atoms with van der Waals surface area (Å²) in [7, 11) is -2.46. The molecule has 0 heterocycles. The molecule has 3 rings (SSSR count). The Morgan fingerprint density at radius 1 is 1.00 bits per heavy atom. The van der Waals surface area contributed by atoms with Gasteiger partial charge < -0.3 is 4.74 Å². The fourth-order valence-corrected chi connectivity index (χ4v) is 4.97. The van der Waals surface area contributed by atoms with Crippen molar-refractivity contribution in [3.63, 3.8) is 0 Å². The van der Waals surface area contributed by atoms with Crippen molar-refractivity contribution in [3.05, 3.63) is 94.0 Å². The number of ether oxygens (including phenoxy) is 1. The maximum Gasteiger partial charge on any atom is 0.255 e. The van der Waals surface area contributed by atoms with E-state index in [9.17, 15) is 13.2 Å². The number of carbonyl (C=O) groups excluding carboxylic acids is 1. The van der Waals surface area contributed by atoms with Gasteiger partial charge in [-0.15, -0.1) is 0 Å². The monoisotopic (exact) mass is 519 g/mol. The van der Waals surface area contributed by atoms with E-state index in [2.05, 4.69) is 10.5 Å². The maximum atomic E-state index is 13.3. The second-order valence-electron chi connectivity index (χ2n) is 7.18. The van der Waals surface area contributed by atoms with E-state index in [-0.39, 0.29) is 11.4 Å². The van der Waals surface area contributed by atoms with Crippen LogP contribution in [0.1, 0.15) is 11.1 Å². The van der Waals surface area contributed by atoms with Crippen molar-refractivity contribution in [1.29, 1.82) is 0 Å². The topological polar surface area (TPSA) is 88.1 Å². The number of rotatable bonds is 10. The number of benzene rings is 3. The number of methoxy groups -OCH3 is 1. The van der Waals surface area contributed by atoms with Gasteiger partial charge in [0.05, 0.1) is 34.8 Å². The van der Waals surface area contributed by atoms with E-state index in [4.69, 9.17) is 27.9 Å². The van der Waals surface area contributed by atoms with Gasteiger partial charge in [-0.05, 0) is 48.4 Å². The van der Waals surface area contributed by atoms with Gasteiger partial charge >= 0.3 is 0 Å². The predicted molar refractivity (Wildman–Crippen MR) is 134 cm³/mol. The summed E-state index contributed by atoms with van der Waals surface area (Å²) >= 11 is 12.2. The van der Waals surface area contributed by atoms with Gasteiger partial charge in [0.25, 0.3) is 5.91 Å². The van der Waals surface area contributed by atoms with Crippen molar-refractivity contribution in [3.8, 4) is 5.75 Å². The van der Waals surface area contributed by atoms with E-state index < -0.39 is 22.5 Å². The molecule has 3 aromatic rings. The molecule has 1 N–H and O–H groups in total. The summed E-state index contributed by atoms with van der Waals surface area (Å²) in [5.74, 6) is -0.0790. The highest BCUT2D eigenvalue weighted by molar-refractivity contribution is 7.89. The van der Waals surface area contributed by atoms with Crippen LogP contribution in [0, 0.1) is 0 Å². The molecular formula is C24H23Cl2N3O4S. The number of hydrogen-bond acceptors (Lipinski definition) is 5. The molecule has 0 spiro atoms. The lowest BCUT2D eigenvalue weighted by Gasteiger charge is -2.21. The zero-order valence-electron chi connectivity index (χ0n) is 18.3. The van der Waals surface area contributed by atoms with Crippen molar-refractivity contribution in [1.82, 2.24) is 9.73 Å². The number of carbonyl (C=O) groups is 1. The molecule has 0 fully saturated rings. The summed E-state index contributed by atoms with van der Waals surface area (Å²) in [5.41, 5.74) is 3.73. The fourth-order valence-electron chi connectivity index (χ4n) is 3.08. The van der Waals surface area contributed by atoms with Crippen LogP contribution in [-0.2, 0) is 21.2 Å². The quantitative estimate of drug-likeness (QED) is 0.318. The Kier molecular flexibility index (Phi) is 9.06. The summed E-state index contributed by atoms with van der Waals surface area (Å²) < 4.78 is 32.8. The number of hydrazone groups is 1. The number of amides is 1. The summed E-state index contributed by atoms with van der Waals surface area (Å²) in [6.07, 6.45) is 1.75. The Morgan fingerprint density at radius 3 is 2.26 bits per heavy atom. The lowest BCUT2D eigenvalue weighted by molar-refractivity contribution is -0.121. The number of nitrogens with one attached hydrogen (secondary N) is 1. The highest BCUT2D eigenvalue weighted by Crippen LogP contribution is 2.22. The van der Waals surface area contributed by atoms with Crippen molar-refractivity contribution < 1.29 is 17.9 Å². The van der Waals surface area contributed by atoms with Gasteiger partial charge in [-0.3, -0.25) is 4.79 Å². The standard InChI is InChI=1S/C24H23Cl2N3O4S/c1-33-19-10-12-20(13-11-19)34(31,32)29(15-14-18-6-3-2-4-7-18)17-24(30)28-27-16-21-22(25)8-5-9-23(21)26/h2-13,16H,14-15,17H2,1H3,(H,28,30)/b27-16+. The minimum atomic E-state index is -3.96. The first-order valence-electron chi connectivity index (χ1n) is 10.3. The largest absolute Gasteiger partial charge is 0.497 e. The van der Waals surface area contributed by atoms with E-state index in [1.165, 1.54) is 25.5 Å². The van der Waals surface area contributed by atoms with Crippen LogP contribution in [0.3, 0.4) is 0 Å². The van der Waals surface area contributed by atoms with Gasteiger partial charge in [0.2, 0.25) is 10.0 Å². The van der Waals surface area contributed by atoms with Crippen LogP contribution >= 0.6 is 23.2 Å². The zero-order valence-corrected chi connectivity index (χ0v) is 20.6. The lowest BCUT2D eigenvalue weighted by atomic mass is 10.1. The van der Waals surface area contributed by atoms with E-state index in [1.807, 2.05) is 30.3 Å². The third-order valence-corrected chi connectivity index (χ3v) is 7.41. The van der Waals surface area contributed by atoms with Crippen LogP contribution in [0.2, 0.25) is 10.0 Å². The Morgan fingerprint density at radius 2 is 1.65 bits per heavy atom. The van der Waals surface area contributed by atoms with Crippen molar-refractivity contribution in [2.75, 3.05) is 20.2 Å². The fraction of sp³-hybridized carbons (Fsp3) is 0.167. The summed E-state index contributed by atoms with van der Waals surface area (Å²) in [5, 5.41) is 4.63. The summed E-state index contributed by atoms with van der Waals surface area (Å²) in [6.45, 7) is -0.319. The molecule has 0 radical (unpaired) electrons. The molecule has 0 aliphatic heterocycles. The molecule has 0 unspecified atom stereocenters. The van der Waals surface area contributed by atoms with Crippen molar-refractivity contribution in [2.45, 2.75) is 11.3 Å². The molecule has 0 saturated heterocycles. The summed E-state index contributed by atoms with van der Waals surface area (Å²) in [6, 6.07) is 20.4. The predicted octanol–water partition coefficient (Wildman–Crippen LogP) is 4.39. The highest BCUT2D eigenvalue weighted by atomic mass is 35.5. The van der Waals surface area contributed by atoms with Crippen LogP contribution in [0.25, 0.3) is 0 Å². The molecule has 0 saturated carbocycles. The molecule has 0 atom stereocenters. The molecule has 0 aromatic heterocycles. The van der Waals surface area contributed by atoms with Crippen molar-refractivity contribution >= 4 is 45.3 Å². The third kappa shape index (κ3) is 6.80. The van der Waals surface area contributed by atoms with Gasteiger partial charge in [0.15, 0.2) is 0 Å². The average Bonchev–Trinajstić information content (AvgIpc) is 2.84. The Hall–Kier alpha value is -2.91. The molecule has 1 amide bonds. The molecule has 3 aromatic carbocycles. The van der Waals surface area contributed by atoms with Gasteiger partial charge in [-0.2, -0.15) is 9.41 Å². The molecule has 10 heteroatoms. The van der Waals surface area contributed by atoms with Crippen LogP contribution in [0.4, 0.5) is 0 Å². The van der Waals surface area contributed by atoms with Crippen LogP contribution in [-0.4, -0.2) is 45.0 Å². The van der Waals surface area contributed by atoms with Crippen LogP contribution < -0.4 is 10.2 Å². The first kappa shape index (κ1) is 25.7. The van der Waals surface area contributed by atoms with Crippen molar-refractivity contribution in [2.24, 2.45) is 5.10 Å². The van der Waals surface area contributed by atoms with E-state index in [1.54, 1.807) is 30.3 Å². The second-order valence-corrected chi connectivity index (χ2v) is 9.93. The van der Waals surface area contributed by atoms with Gasteiger partial charge in [0, 0.05) is 12.1 Å². The Labute approximate surface area is 209 Å². The van der Waals surface area contributed by atoms with E-state index in [0.717, 1.165) is 9.87 Å². The van der Waals surface area contributed by atoms with E-state index in [0.29, 0.717) is 27.8 Å². The maximum absolute atomic E-state index is 13.3. The second kappa shape index (κ2) is 12.0. The number of hydrogen-bond donors (Lipinski definition) is 1. The van der Waals surface area contributed by atoms with E-state index >= 15 is 0 Å². The highest BCUT2D eigenvalue weighted by Gasteiger charge is 2.26. The summed E-state index contributed by atoms with van der Waals surface area (Å²) in [4.78, 5) is 12.6. The molecule has 7 nitrogen and oxygen atoms in total. The third-order valence-electron chi connectivity index (χ3n) is 4.89. The Bertz CT molecular complexity index is 1230. The Balaban J connectivity index is 1.76. The van der Waals surface area contributed by atoms with Crippen LogP contribution in [0.15, 0.2) is 82.8 Å². The van der Waals surface area contributed by atoms with Crippen LogP contribution in [0.5, 0.6) is 5.75 Å².